The SMILES string of the molecule is CCC(CCl)Cc1cc(F)ccc1Br. The van der Waals surface area contributed by atoms with Crippen molar-refractivity contribution < 1.29 is 4.39 Å². The molecule has 0 nitrogen and oxygen atoms in total. The van der Waals surface area contributed by atoms with Gasteiger partial charge in [-0.2, -0.15) is 0 Å². The molecular weight excluding hydrogens is 266 g/mol. The van der Waals surface area contributed by atoms with Crippen LogP contribution < -0.4 is 0 Å². The molecule has 0 amide bonds. The maximum atomic E-state index is 13.0. The van der Waals surface area contributed by atoms with Gasteiger partial charge in [-0.3, -0.25) is 0 Å². The molecule has 0 aliphatic rings. The Morgan fingerprint density at radius 1 is 1.50 bits per heavy atom. The minimum Gasteiger partial charge on any atom is -0.207 e. The molecule has 1 aromatic rings. The summed E-state index contributed by atoms with van der Waals surface area (Å²) in [5.74, 6) is 0.863. The summed E-state index contributed by atoms with van der Waals surface area (Å²) in [6.45, 7) is 2.10. The van der Waals surface area contributed by atoms with E-state index in [0.29, 0.717) is 11.8 Å². The van der Waals surface area contributed by atoms with Gasteiger partial charge in [-0.1, -0.05) is 29.3 Å². The van der Waals surface area contributed by atoms with Crippen molar-refractivity contribution in [3.63, 3.8) is 0 Å². The van der Waals surface area contributed by atoms with Crippen molar-refractivity contribution in [3.8, 4) is 0 Å². The van der Waals surface area contributed by atoms with Gasteiger partial charge in [0.05, 0.1) is 0 Å². The number of rotatable bonds is 4. The molecule has 3 heteroatoms. The molecule has 0 radical (unpaired) electrons. The van der Waals surface area contributed by atoms with Gasteiger partial charge in [-0.05, 0) is 36.1 Å². The van der Waals surface area contributed by atoms with Gasteiger partial charge in [0, 0.05) is 10.4 Å². The van der Waals surface area contributed by atoms with E-state index in [1.54, 1.807) is 12.1 Å². The Bertz CT molecular complexity index is 297. The molecule has 14 heavy (non-hydrogen) atoms. The summed E-state index contributed by atoms with van der Waals surface area (Å²) in [6, 6.07) is 4.76. The van der Waals surface area contributed by atoms with E-state index in [9.17, 15) is 4.39 Å². The third-order valence-corrected chi connectivity index (χ3v) is 3.52. The lowest BCUT2D eigenvalue weighted by Gasteiger charge is -2.12. The number of hydrogen-bond donors (Lipinski definition) is 0. The lowest BCUT2D eigenvalue weighted by atomic mass is 9.99. The van der Waals surface area contributed by atoms with Crippen molar-refractivity contribution >= 4 is 27.5 Å². The van der Waals surface area contributed by atoms with Gasteiger partial charge in [0.1, 0.15) is 5.82 Å². The fourth-order valence-corrected chi connectivity index (χ4v) is 2.05. The van der Waals surface area contributed by atoms with Crippen molar-refractivity contribution in [2.75, 3.05) is 5.88 Å². The first-order valence-electron chi connectivity index (χ1n) is 4.67. The second kappa shape index (κ2) is 5.72. The molecular formula is C11H13BrClF. The first-order chi connectivity index (χ1) is 6.67. The van der Waals surface area contributed by atoms with E-state index in [1.807, 2.05) is 0 Å². The van der Waals surface area contributed by atoms with Crippen LogP contribution in [0.25, 0.3) is 0 Å². The third kappa shape index (κ3) is 3.25. The van der Waals surface area contributed by atoms with Gasteiger partial charge >= 0.3 is 0 Å². The van der Waals surface area contributed by atoms with E-state index in [4.69, 9.17) is 11.6 Å². The quantitative estimate of drug-likeness (QED) is 0.717. The predicted octanol–water partition coefficient (Wildman–Crippen LogP) is 4.40. The van der Waals surface area contributed by atoms with E-state index in [2.05, 4.69) is 22.9 Å². The van der Waals surface area contributed by atoms with E-state index < -0.39 is 0 Å². The monoisotopic (exact) mass is 278 g/mol. The van der Waals surface area contributed by atoms with Gasteiger partial charge in [0.25, 0.3) is 0 Å². The summed E-state index contributed by atoms with van der Waals surface area (Å²) in [6.07, 6.45) is 1.85. The first kappa shape index (κ1) is 12.0. The van der Waals surface area contributed by atoms with Gasteiger partial charge in [0.2, 0.25) is 0 Å². The second-order valence-corrected chi connectivity index (χ2v) is 4.53. The number of alkyl halides is 1. The Hall–Kier alpha value is -0.0800. The molecule has 0 N–H and O–H groups in total. The van der Waals surface area contributed by atoms with Crippen LogP contribution in [0.4, 0.5) is 4.39 Å². The summed E-state index contributed by atoms with van der Waals surface area (Å²) >= 11 is 9.21. The van der Waals surface area contributed by atoms with E-state index >= 15 is 0 Å². The molecule has 0 saturated carbocycles. The Balaban J connectivity index is 2.79. The zero-order valence-electron chi connectivity index (χ0n) is 8.06. The third-order valence-electron chi connectivity index (χ3n) is 2.31. The standard InChI is InChI=1S/C11H13BrClF/c1-2-8(7-13)5-9-6-10(14)3-4-11(9)12/h3-4,6,8H,2,5,7H2,1H3. The molecule has 0 heterocycles. The summed E-state index contributed by atoms with van der Waals surface area (Å²) < 4.78 is 13.9. The summed E-state index contributed by atoms with van der Waals surface area (Å²) in [5.41, 5.74) is 0.998. The highest BCUT2D eigenvalue weighted by molar-refractivity contribution is 9.10. The lowest BCUT2D eigenvalue weighted by molar-refractivity contribution is 0.560. The van der Waals surface area contributed by atoms with Crippen LogP contribution in [-0.4, -0.2) is 5.88 Å². The van der Waals surface area contributed by atoms with Crippen LogP contribution in [0.3, 0.4) is 0 Å². The molecule has 0 saturated heterocycles. The molecule has 78 valence electrons. The molecule has 0 spiro atoms. The zero-order chi connectivity index (χ0) is 10.6. The average molecular weight is 280 g/mol. The maximum absolute atomic E-state index is 13.0. The van der Waals surface area contributed by atoms with Crippen LogP contribution in [0.2, 0.25) is 0 Å². The van der Waals surface area contributed by atoms with Crippen LogP contribution in [0.1, 0.15) is 18.9 Å². The van der Waals surface area contributed by atoms with Gasteiger partial charge in [0.15, 0.2) is 0 Å². The molecule has 0 aliphatic heterocycles. The van der Waals surface area contributed by atoms with Crippen molar-refractivity contribution in [2.24, 2.45) is 5.92 Å². The van der Waals surface area contributed by atoms with Crippen molar-refractivity contribution in [3.05, 3.63) is 34.1 Å². The minimum atomic E-state index is -0.187. The minimum absolute atomic E-state index is 0.187. The second-order valence-electron chi connectivity index (χ2n) is 3.37. The Morgan fingerprint density at radius 3 is 2.79 bits per heavy atom. The van der Waals surface area contributed by atoms with Crippen molar-refractivity contribution in [1.82, 2.24) is 0 Å². The molecule has 1 atom stereocenters. The predicted molar refractivity (Wildman–Crippen MR) is 62.3 cm³/mol. The largest absolute Gasteiger partial charge is 0.207 e. The van der Waals surface area contributed by atoms with Gasteiger partial charge in [-0.25, -0.2) is 4.39 Å². The number of halogens is 3. The summed E-state index contributed by atoms with van der Waals surface area (Å²) in [4.78, 5) is 0. The Morgan fingerprint density at radius 2 is 2.21 bits per heavy atom. The molecule has 1 rings (SSSR count). The smallest absolute Gasteiger partial charge is 0.123 e. The topological polar surface area (TPSA) is 0 Å². The molecule has 0 fully saturated rings. The molecule has 1 unspecified atom stereocenters. The fraction of sp³-hybridized carbons (Fsp3) is 0.455. The highest BCUT2D eigenvalue weighted by Crippen LogP contribution is 2.22. The van der Waals surface area contributed by atoms with Gasteiger partial charge in [-0.15, -0.1) is 11.6 Å². The van der Waals surface area contributed by atoms with E-state index in [-0.39, 0.29) is 5.82 Å². The van der Waals surface area contributed by atoms with Crippen LogP contribution in [-0.2, 0) is 6.42 Å². The first-order valence-corrected chi connectivity index (χ1v) is 6.00. The van der Waals surface area contributed by atoms with Crippen molar-refractivity contribution in [2.45, 2.75) is 19.8 Å². The van der Waals surface area contributed by atoms with E-state index in [0.717, 1.165) is 22.9 Å². The summed E-state index contributed by atoms with van der Waals surface area (Å²) in [5, 5.41) is 0. The zero-order valence-corrected chi connectivity index (χ0v) is 10.4. The Labute approximate surface area is 97.6 Å². The number of hydrogen-bond acceptors (Lipinski definition) is 0. The molecule has 1 aromatic carbocycles. The van der Waals surface area contributed by atoms with Crippen LogP contribution in [0.5, 0.6) is 0 Å². The average Bonchev–Trinajstić information content (AvgIpc) is 2.19. The van der Waals surface area contributed by atoms with Gasteiger partial charge < -0.3 is 0 Å². The highest BCUT2D eigenvalue weighted by atomic mass is 79.9. The fourth-order valence-electron chi connectivity index (χ4n) is 1.32. The Kier molecular flexibility index (Phi) is 4.90. The van der Waals surface area contributed by atoms with Crippen molar-refractivity contribution in [1.29, 1.82) is 0 Å². The molecule has 0 bridgehead atoms. The summed E-state index contributed by atoms with van der Waals surface area (Å²) in [7, 11) is 0. The normalized spacial score (nSPS) is 12.9. The lowest BCUT2D eigenvalue weighted by Crippen LogP contribution is -2.05. The van der Waals surface area contributed by atoms with E-state index in [1.165, 1.54) is 6.07 Å². The molecule has 0 aromatic heterocycles. The number of benzene rings is 1. The maximum Gasteiger partial charge on any atom is 0.123 e. The van der Waals surface area contributed by atoms with Crippen LogP contribution in [0.15, 0.2) is 22.7 Å². The highest BCUT2D eigenvalue weighted by Gasteiger charge is 2.09. The molecule has 0 aliphatic carbocycles. The van der Waals surface area contributed by atoms with Crippen LogP contribution >= 0.6 is 27.5 Å². The van der Waals surface area contributed by atoms with Crippen LogP contribution in [0, 0.1) is 11.7 Å².